The average Bonchev–Trinajstić information content (AvgIpc) is 2.66. The predicted octanol–water partition coefficient (Wildman–Crippen LogP) is 5.07. The SMILES string of the molecule is CCO[C@@H](CC(=O)OC)c1ccc(OC[C@H]2CC[C@H](C(F)(F)F)CC2)cc1. The minimum Gasteiger partial charge on any atom is -0.493 e. The van der Waals surface area contributed by atoms with Crippen LogP contribution in [0, 0.1) is 11.8 Å². The Bertz CT molecular complexity index is 578. The van der Waals surface area contributed by atoms with Crippen molar-refractivity contribution >= 4 is 5.97 Å². The number of methoxy groups -OCH3 is 1. The van der Waals surface area contributed by atoms with Crippen molar-refractivity contribution in [2.75, 3.05) is 20.3 Å². The lowest BCUT2D eigenvalue weighted by atomic mass is 9.82. The van der Waals surface area contributed by atoms with Gasteiger partial charge in [0, 0.05) is 6.61 Å². The number of benzene rings is 1. The molecule has 1 fully saturated rings. The van der Waals surface area contributed by atoms with Gasteiger partial charge in [0.1, 0.15) is 5.75 Å². The number of carbonyl (C=O) groups is 1. The fourth-order valence-electron chi connectivity index (χ4n) is 3.36. The Balaban J connectivity index is 1.84. The van der Waals surface area contributed by atoms with Crippen molar-refractivity contribution in [3.05, 3.63) is 29.8 Å². The maximum absolute atomic E-state index is 12.7. The molecule has 0 aliphatic heterocycles. The molecular formula is C20H27F3O4. The lowest BCUT2D eigenvalue weighted by Crippen LogP contribution is -2.29. The van der Waals surface area contributed by atoms with E-state index < -0.39 is 12.1 Å². The summed E-state index contributed by atoms with van der Waals surface area (Å²) in [6.45, 7) is 2.75. The fraction of sp³-hybridized carbons (Fsp3) is 0.650. The van der Waals surface area contributed by atoms with E-state index in [1.807, 2.05) is 19.1 Å². The molecule has 0 spiro atoms. The van der Waals surface area contributed by atoms with Crippen LogP contribution >= 0.6 is 0 Å². The minimum atomic E-state index is -4.08. The quantitative estimate of drug-likeness (QED) is 0.583. The highest BCUT2D eigenvalue weighted by atomic mass is 19.4. The second-order valence-corrected chi connectivity index (χ2v) is 6.86. The largest absolute Gasteiger partial charge is 0.493 e. The van der Waals surface area contributed by atoms with Crippen LogP contribution in [0.4, 0.5) is 13.2 Å². The molecule has 1 aromatic rings. The van der Waals surface area contributed by atoms with Crippen molar-refractivity contribution in [1.82, 2.24) is 0 Å². The van der Waals surface area contributed by atoms with Crippen LogP contribution in [0.2, 0.25) is 0 Å². The van der Waals surface area contributed by atoms with E-state index in [-0.39, 0.29) is 37.3 Å². The predicted molar refractivity (Wildman–Crippen MR) is 94.4 cm³/mol. The van der Waals surface area contributed by atoms with Crippen LogP contribution in [0.3, 0.4) is 0 Å². The Morgan fingerprint density at radius 2 is 1.78 bits per heavy atom. The van der Waals surface area contributed by atoms with Gasteiger partial charge in [-0.15, -0.1) is 0 Å². The van der Waals surface area contributed by atoms with E-state index in [1.54, 1.807) is 12.1 Å². The molecule has 0 bridgehead atoms. The zero-order chi connectivity index (χ0) is 19.9. The smallest absolute Gasteiger partial charge is 0.391 e. The average molecular weight is 388 g/mol. The molecular weight excluding hydrogens is 361 g/mol. The summed E-state index contributed by atoms with van der Waals surface area (Å²) in [7, 11) is 1.34. The summed E-state index contributed by atoms with van der Waals surface area (Å²) in [6, 6.07) is 7.25. The third kappa shape index (κ3) is 6.72. The molecule has 1 aliphatic carbocycles. The van der Waals surface area contributed by atoms with Gasteiger partial charge in [0.25, 0.3) is 0 Å². The number of rotatable bonds is 8. The Morgan fingerprint density at radius 1 is 1.15 bits per heavy atom. The molecule has 1 aliphatic rings. The van der Waals surface area contributed by atoms with Crippen molar-refractivity contribution < 1.29 is 32.2 Å². The van der Waals surface area contributed by atoms with E-state index in [1.165, 1.54) is 7.11 Å². The van der Waals surface area contributed by atoms with Crippen molar-refractivity contribution in [3.8, 4) is 5.75 Å². The number of halogens is 3. The molecule has 1 saturated carbocycles. The van der Waals surface area contributed by atoms with Crippen LogP contribution < -0.4 is 4.74 Å². The fourth-order valence-corrected chi connectivity index (χ4v) is 3.36. The normalized spacial score (nSPS) is 21.5. The van der Waals surface area contributed by atoms with E-state index in [0.29, 0.717) is 31.8 Å². The van der Waals surface area contributed by atoms with Gasteiger partial charge >= 0.3 is 12.1 Å². The Morgan fingerprint density at radius 3 is 2.30 bits per heavy atom. The molecule has 0 unspecified atom stereocenters. The van der Waals surface area contributed by atoms with Crippen LogP contribution in [0.1, 0.15) is 50.7 Å². The van der Waals surface area contributed by atoms with Crippen LogP contribution in [-0.2, 0) is 14.3 Å². The maximum atomic E-state index is 12.7. The Kier molecular flexibility index (Phi) is 7.95. The molecule has 27 heavy (non-hydrogen) atoms. The van der Waals surface area contributed by atoms with Crippen LogP contribution in [0.15, 0.2) is 24.3 Å². The molecule has 0 aromatic heterocycles. The summed E-state index contributed by atoms with van der Waals surface area (Å²) in [6.07, 6.45) is -2.90. The van der Waals surface area contributed by atoms with Gasteiger partial charge < -0.3 is 14.2 Å². The molecule has 0 radical (unpaired) electrons. The van der Waals surface area contributed by atoms with Gasteiger partial charge in [-0.1, -0.05) is 12.1 Å². The molecule has 1 atom stereocenters. The van der Waals surface area contributed by atoms with E-state index in [0.717, 1.165) is 5.56 Å². The zero-order valence-electron chi connectivity index (χ0n) is 15.8. The first-order valence-corrected chi connectivity index (χ1v) is 9.31. The third-order valence-corrected chi connectivity index (χ3v) is 4.99. The summed E-state index contributed by atoms with van der Waals surface area (Å²) in [5, 5.41) is 0. The van der Waals surface area contributed by atoms with Crippen LogP contribution in [0.25, 0.3) is 0 Å². The van der Waals surface area contributed by atoms with Crippen molar-refractivity contribution in [2.24, 2.45) is 11.8 Å². The number of carbonyl (C=O) groups excluding carboxylic acids is 1. The first kappa shape index (κ1) is 21.5. The molecule has 0 amide bonds. The number of esters is 1. The van der Waals surface area contributed by atoms with Gasteiger partial charge in [-0.2, -0.15) is 13.2 Å². The second kappa shape index (κ2) is 9.97. The molecule has 1 aromatic carbocycles. The van der Waals surface area contributed by atoms with Crippen LogP contribution in [-0.4, -0.2) is 32.5 Å². The van der Waals surface area contributed by atoms with Gasteiger partial charge in [-0.25, -0.2) is 0 Å². The summed E-state index contributed by atoms with van der Waals surface area (Å²) in [4.78, 5) is 11.5. The first-order chi connectivity index (χ1) is 12.8. The summed E-state index contributed by atoms with van der Waals surface area (Å²) in [5.74, 6) is -0.703. The molecule has 0 saturated heterocycles. The van der Waals surface area contributed by atoms with Gasteiger partial charge in [-0.3, -0.25) is 4.79 Å². The molecule has 0 N–H and O–H groups in total. The summed E-state index contributed by atoms with van der Waals surface area (Å²) >= 11 is 0. The highest BCUT2D eigenvalue weighted by Gasteiger charge is 2.41. The maximum Gasteiger partial charge on any atom is 0.391 e. The highest BCUT2D eigenvalue weighted by Crippen LogP contribution is 2.39. The minimum absolute atomic E-state index is 0.132. The first-order valence-electron chi connectivity index (χ1n) is 9.31. The molecule has 4 nitrogen and oxygen atoms in total. The number of hydrogen-bond acceptors (Lipinski definition) is 4. The molecule has 7 heteroatoms. The Hall–Kier alpha value is -1.76. The third-order valence-electron chi connectivity index (χ3n) is 4.99. The highest BCUT2D eigenvalue weighted by molar-refractivity contribution is 5.70. The topological polar surface area (TPSA) is 44.8 Å². The number of ether oxygens (including phenoxy) is 3. The zero-order valence-corrected chi connectivity index (χ0v) is 15.8. The van der Waals surface area contributed by atoms with Gasteiger partial charge in [0.2, 0.25) is 0 Å². The van der Waals surface area contributed by atoms with Crippen molar-refractivity contribution in [3.63, 3.8) is 0 Å². The Labute approximate surface area is 158 Å². The van der Waals surface area contributed by atoms with Gasteiger partial charge in [0.15, 0.2) is 0 Å². The lowest BCUT2D eigenvalue weighted by molar-refractivity contribution is -0.184. The van der Waals surface area contributed by atoms with E-state index in [2.05, 4.69) is 0 Å². The van der Waals surface area contributed by atoms with Gasteiger partial charge in [0.05, 0.1) is 32.2 Å². The van der Waals surface area contributed by atoms with E-state index in [4.69, 9.17) is 14.2 Å². The monoisotopic (exact) mass is 388 g/mol. The standard InChI is InChI=1S/C20H27F3O4/c1-3-26-18(12-19(24)25-2)15-6-10-17(11-7-15)27-13-14-4-8-16(9-5-14)20(21,22)23/h6-7,10-11,14,16,18H,3-5,8-9,12-13H2,1-2H3/t14-,16-,18-/m0/s1. The summed E-state index contributed by atoms with van der Waals surface area (Å²) < 4.78 is 54.2. The second-order valence-electron chi connectivity index (χ2n) is 6.86. The summed E-state index contributed by atoms with van der Waals surface area (Å²) in [5.41, 5.74) is 0.847. The van der Waals surface area contributed by atoms with E-state index in [9.17, 15) is 18.0 Å². The molecule has 2 rings (SSSR count). The number of hydrogen-bond donors (Lipinski definition) is 0. The van der Waals surface area contributed by atoms with Crippen molar-refractivity contribution in [2.45, 2.75) is 51.3 Å². The lowest BCUT2D eigenvalue weighted by Gasteiger charge is -2.29. The van der Waals surface area contributed by atoms with Crippen molar-refractivity contribution in [1.29, 1.82) is 0 Å². The van der Waals surface area contributed by atoms with E-state index >= 15 is 0 Å². The van der Waals surface area contributed by atoms with Gasteiger partial charge in [-0.05, 0) is 56.2 Å². The molecule has 152 valence electrons. The van der Waals surface area contributed by atoms with Crippen LogP contribution in [0.5, 0.6) is 5.75 Å². The number of alkyl halides is 3. The molecule has 0 heterocycles.